The number of methoxy groups -OCH3 is 4. The molecule has 2 aliphatic heterocycles. The summed E-state index contributed by atoms with van der Waals surface area (Å²) in [7, 11) is 8.75. The van der Waals surface area contributed by atoms with Crippen molar-refractivity contribution in [2.75, 3.05) is 74.0 Å². The van der Waals surface area contributed by atoms with Crippen molar-refractivity contribution in [1.29, 1.82) is 0 Å². The molecule has 0 bridgehead atoms. The third-order valence-corrected chi connectivity index (χ3v) is 18.0. The number of amides is 12. The molecule has 1 saturated heterocycles. The molecule has 0 unspecified atom stereocenters. The summed E-state index contributed by atoms with van der Waals surface area (Å²) in [5.41, 5.74) is 5.85. The molecule has 0 saturated carbocycles. The van der Waals surface area contributed by atoms with Gasteiger partial charge in [0.05, 0.1) is 62.0 Å². The largest absolute Gasteiger partial charge is 0.497 e. The summed E-state index contributed by atoms with van der Waals surface area (Å²) in [5, 5.41) is 16.2. The number of rotatable bonds is 40. The molecule has 8 N–H and O–H groups in total. The smallest absolute Gasteiger partial charge is 0.410 e. The quantitative estimate of drug-likeness (QED) is 0.0272. The Labute approximate surface area is 574 Å². The molecule has 0 spiro atoms. The lowest BCUT2D eigenvalue weighted by molar-refractivity contribution is -0.148. The number of benzene rings is 2. The maximum atomic E-state index is 14.9. The zero-order valence-corrected chi connectivity index (χ0v) is 59.4. The van der Waals surface area contributed by atoms with Crippen LogP contribution in [0.25, 0.3) is 0 Å². The number of halogens is 1. The second-order valence-electron chi connectivity index (χ2n) is 26.0. The lowest BCUT2D eigenvalue weighted by Gasteiger charge is -2.41. The molecule has 11 atom stereocenters. The number of Topliss-reactive ketones (excluding diaryl/α,β-unsaturated/α-hetero) is 1. The van der Waals surface area contributed by atoms with E-state index in [-0.39, 0.29) is 92.8 Å². The van der Waals surface area contributed by atoms with Crippen molar-refractivity contribution in [3.63, 3.8) is 0 Å². The molecule has 98 heavy (non-hydrogen) atoms. The van der Waals surface area contributed by atoms with E-state index in [1.54, 1.807) is 84.7 Å². The van der Waals surface area contributed by atoms with Gasteiger partial charge in [0, 0.05) is 85.4 Å². The Morgan fingerprint density at radius 2 is 1.38 bits per heavy atom. The van der Waals surface area contributed by atoms with Gasteiger partial charge in [-0.05, 0) is 85.6 Å². The minimum Gasteiger partial charge on any atom is -0.497 e. The summed E-state index contributed by atoms with van der Waals surface area (Å²) >= 11 is 0. The van der Waals surface area contributed by atoms with Crippen molar-refractivity contribution in [2.24, 2.45) is 35.3 Å². The third-order valence-electron chi connectivity index (χ3n) is 18.0. The van der Waals surface area contributed by atoms with E-state index in [4.69, 9.17) is 29.4 Å². The number of hydrogen-bond acceptors (Lipinski definition) is 17. The van der Waals surface area contributed by atoms with E-state index < -0.39 is 138 Å². The first-order valence-corrected chi connectivity index (χ1v) is 33.4. The predicted molar refractivity (Wildman–Crippen MR) is 361 cm³/mol. The molecule has 2 aliphatic rings. The first-order valence-electron chi connectivity index (χ1n) is 33.4. The molecule has 0 radical (unpaired) electrons. The van der Waals surface area contributed by atoms with Crippen LogP contribution in [-0.4, -0.2) is 214 Å². The normalized spacial score (nSPS) is 17.2. The molecule has 1 fully saturated rings. The molecule has 2 aromatic rings. The number of ketones is 1. The van der Waals surface area contributed by atoms with Crippen LogP contribution < -0.4 is 42.4 Å². The van der Waals surface area contributed by atoms with Crippen LogP contribution in [-0.2, 0) is 68.7 Å². The van der Waals surface area contributed by atoms with Crippen molar-refractivity contribution in [1.82, 2.24) is 46.2 Å². The molecule has 28 nitrogen and oxygen atoms in total. The van der Waals surface area contributed by atoms with Gasteiger partial charge in [0.1, 0.15) is 42.3 Å². The molecule has 2 heterocycles. The van der Waals surface area contributed by atoms with Crippen molar-refractivity contribution in [2.45, 2.75) is 181 Å². The number of unbranched alkanes of at least 4 members (excludes halogenated alkanes) is 2. The van der Waals surface area contributed by atoms with Crippen LogP contribution in [0.1, 0.15) is 136 Å². The van der Waals surface area contributed by atoms with Gasteiger partial charge in [0.2, 0.25) is 41.4 Å². The minimum atomic E-state index is -1.13. The van der Waals surface area contributed by atoms with E-state index in [1.807, 2.05) is 13.8 Å². The van der Waals surface area contributed by atoms with Gasteiger partial charge in [-0.2, -0.15) is 0 Å². The maximum Gasteiger partial charge on any atom is 0.410 e. The van der Waals surface area contributed by atoms with Crippen LogP contribution in [0.5, 0.6) is 5.75 Å². The van der Waals surface area contributed by atoms with Gasteiger partial charge in [-0.1, -0.05) is 87.3 Å². The number of carbonyl (C=O) groups excluding carboxylic acids is 12. The summed E-state index contributed by atoms with van der Waals surface area (Å²) in [6.45, 7) is 15.7. The number of nitrogens with zero attached hydrogens (tertiary/aromatic N) is 4. The second-order valence-corrected chi connectivity index (χ2v) is 26.0. The number of likely N-dealkylation sites (tertiary alicyclic amines) is 1. The molecule has 2 aromatic carbocycles. The number of carbonyl (C=O) groups is 12. The van der Waals surface area contributed by atoms with Gasteiger partial charge in [-0.25, -0.2) is 14.0 Å². The fourth-order valence-electron chi connectivity index (χ4n) is 12.1. The molecule has 0 aliphatic carbocycles. The topological polar surface area (TPSA) is 362 Å². The van der Waals surface area contributed by atoms with Crippen molar-refractivity contribution >= 4 is 76.8 Å². The van der Waals surface area contributed by atoms with E-state index in [2.05, 4.69) is 31.9 Å². The van der Waals surface area contributed by atoms with Crippen LogP contribution in [0.4, 0.5) is 19.7 Å². The summed E-state index contributed by atoms with van der Waals surface area (Å²) < 4.78 is 43.2. The van der Waals surface area contributed by atoms with Gasteiger partial charge in [-0.3, -0.25) is 57.7 Å². The molecular formula is C69H104FN11O17. The lowest BCUT2D eigenvalue weighted by atomic mass is 9.89. The number of nitrogens with one attached hydrogen (secondary N) is 6. The number of urea groups is 1. The average molecular weight is 1380 g/mol. The SMILES string of the molecule is CC[C@H](C)[C@@H]([C@@H](CC(=O)N1C[C@H](OC)C[C@H]1[C@H](OC)[C@@H](C)C(=O)NCC(=O)c1ccc(OC)cc1F)OC)N(C)C(=O)[C@@H](NC(=O)[C@H](C(C)C)N(C)C(=O)OCc1ccc(NC(=O)[C@H](CCCNC(N)=O)NC(=O)[C@@H](NC(=O)CCCCCN2C(=O)C=CC2=O)C(C)C)cc1)C(C)C. The molecular weight excluding hydrogens is 1270 g/mol. The van der Waals surface area contributed by atoms with Crippen LogP contribution >= 0.6 is 0 Å². The molecule has 4 rings (SSSR count). The van der Waals surface area contributed by atoms with Crippen molar-refractivity contribution < 1.29 is 85.6 Å². The summed E-state index contributed by atoms with van der Waals surface area (Å²) in [5.74, 6) is -8.12. The highest BCUT2D eigenvalue weighted by Crippen LogP contribution is 2.31. The van der Waals surface area contributed by atoms with Crippen molar-refractivity contribution in [3.05, 3.63) is 71.6 Å². The summed E-state index contributed by atoms with van der Waals surface area (Å²) in [6.07, 6.45) is 1.92. The van der Waals surface area contributed by atoms with E-state index in [1.165, 1.54) is 64.7 Å². The van der Waals surface area contributed by atoms with E-state index in [0.29, 0.717) is 43.4 Å². The first kappa shape index (κ1) is 81.9. The number of ether oxygens (including phenoxy) is 5. The van der Waals surface area contributed by atoms with E-state index in [9.17, 15) is 61.9 Å². The standard InChI is InChI=1S/C69H104FN11O17/c1-16-42(8)61(53(96-14)35-57(86)81-37-47(95-13)34-51(81)62(97-15)43(9)63(87)73-36-52(82)48-28-27-46(94-12)33-49(48)70)78(10)67(91)59(40(4)5)77-66(90)60(41(6)7)79(11)69(93)98-38-44-23-25-45(26-24-44)74-64(88)50(21-20-31-72-68(71)92)75-65(89)58(39(2)3)76-54(83)22-18-17-19-32-80-55(84)29-30-56(80)85/h23-30,33,39-43,47,50-51,53,58-62H,16-22,31-32,34-38H2,1-15H3,(H,73,87)(H,74,88)(H,75,89)(H,76,83)(H,77,90)(H3,71,72,92)/t42-,43+,47+,50-,51-,53+,58-,59-,60-,61-,62+/m0/s1. The van der Waals surface area contributed by atoms with Gasteiger partial charge in [-0.15, -0.1) is 0 Å². The van der Waals surface area contributed by atoms with Gasteiger partial charge >= 0.3 is 12.1 Å². The number of primary amides is 1. The highest BCUT2D eigenvalue weighted by Gasteiger charge is 2.46. The van der Waals surface area contributed by atoms with Crippen LogP contribution in [0, 0.1) is 35.4 Å². The number of imide groups is 1. The van der Waals surface area contributed by atoms with Gasteiger partial charge in [0.25, 0.3) is 11.8 Å². The zero-order valence-electron chi connectivity index (χ0n) is 59.4. The Morgan fingerprint density at radius 1 is 0.724 bits per heavy atom. The molecule has 0 aromatic heterocycles. The molecule has 544 valence electrons. The number of hydrogen-bond donors (Lipinski definition) is 7. The zero-order chi connectivity index (χ0) is 73.2. The Hall–Kier alpha value is -8.57. The predicted octanol–water partition coefficient (Wildman–Crippen LogP) is 4.61. The lowest BCUT2D eigenvalue weighted by Crippen LogP contribution is -2.60. The fourth-order valence-corrected chi connectivity index (χ4v) is 12.1. The third kappa shape index (κ3) is 23.6. The Balaban J connectivity index is 1.39. The van der Waals surface area contributed by atoms with Crippen molar-refractivity contribution in [3.8, 4) is 5.75 Å². The Kier molecular flexibility index (Phi) is 33.2. The average Bonchev–Trinajstić information content (AvgIpc) is 1.62. The van der Waals surface area contributed by atoms with Crippen LogP contribution in [0.3, 0.4) is 0 Å². The van der Waals surface area contributed by atoms with Gasteiger partial charge in [0.15, 0.2) is 5.78 Å². The minimum absolute atomic E-state index is 0.0723. The van der Waals surface area contributed by atoms with E-state index >= 15 is 0 Å². The first-order chi connectivity index (χ1) is 46.3. The number of anilines is 1. The van der Waals surface area contributed by atoms with Crippen LogP contribution in [0.15, 0.2) is 54.6 Å². The second kappa shape index (κ2) is 39.7. The number of likely N-dealkylation sites (N-methyl/N-ethyl adjacent to an activating group) is 2. The monoisotopic (exact) mass is 1380 g/mol. The highest BCUT2D eigenvalue weighted by atomic mass is 19.1. The Bertz CT molecular complexity index is 3090. The highest BCUT2D eigenvalue weighted by molar-refractivity contribution is 6.13. The summed E-state index contributed by atoms with van der Waals surface area (Å²) in [4.78, 5) is 165. The Morgan fingerprint density at radius 3 is 1.94 bits per heavy atom. The molecule has 29 heteroatoms. The number of nitrogens with two attached hydrogens (primary N) is 1. The van der Waals surface area contributed by atoms with Gasteiger partial charge < -0.3 is 71.1 Å². The maximum absolute atomic E-state index is 14.9. The summed E-state index contributed by atoms with van der Waals surface area (Å²) in [6, 6.07) is 3.59. The van der Waals surface area contributed by atoms with Crippen LogP contribution in [0.2, 0.25) is 0 Å². The molecule has 12 amide bonds. The van der Waals surface area contributed by atoms with E-state index in [0.717, 1.165) is 15.9 Å². The fraction of sp³-hybridized carbons (Fsp3) is 0.623.